The Kier molecular flexibility index (Phi) is 6.81. The largest absolute Gasteiger partial charge is 0.309 e. The molecule has 0 fully saturated rings. The summed E-state index contributed by atoms with van der Waals surface area (Å²) in [5.74, 6) is 0. The highest BCUT2D eigenvalue weighted by Gasteiger charge is 2.27. The van der Waals surface area contributed by atoms with Crippen LogP contribution in [0.25, 0.3) is 56.2 Å². The van der Waals surface area contributed by atoms with Crippen molar-refractivity contribution >= 4 is 74.1 Å². The second-order valence-corrected chi connectivity index (χ2v) is 12.2. The van der Waals surface area contributed by atoms with Gasteiger partial charge in [-0.15, -0.1) is 0 Å². The molecule has 1 aliphatic rings. The van der Waals surface area contributed by atoms with E-state index in [1.807, 2.05) is 35.7 Å². The summed E-state index contributed by atoms with van der Waals surface area (Å²) in [5, 5.41) is 3.84. The van der Waals surface area contributed by atoms with Crippen LogP contribution in [0, 0.1) is 0 Å². The van der Waals surface area contributed by atoms with E-state index < -0.39 is 0 Å². The van der Waals surface area contributed by atoms with Crippen molar-refractivity contribution in [2.75, 3.05) is 0 Å². The van der Waals surface area contributed by atoms with Gasteiger partial charge in [-0.05, 0) is 74.5 Å². The monoisotopic (exact) mass is 578 g/mol. The van der Waals surface area contributed by atoms with Gasteiger partial charge in [0.25, 0.3) is 0 Å². The lowest BCUT2D eigenvalue weighted by atomic mass is 10.1. The molecule has 2 aromatic heterocycles. The van der Waals surface area contributed by atoms with Crippen LogP contribution in [0.5, 0.6) is 0 Å². The minimum atomic E-state index is 1.10. The summed E-state index contributed by atoms with van der Waals surface area (Å²) in [7, 11) is 0. The Bertz CT molecular complexity index is 2140. The van der Waals surface area contributed by atoms with Crippen LogP contribution in [-0.4, -0.2) is 9.13 Å². The Morgan fingerprint density at radius 3 is 2.10 bits per heavy atom. The molecule has 0 saturated heterocycles. The van der Waals surface area contributed by atoms with Gasteiger partial charge >= 0.3 is 0 Å². The van der Waals surface area contributed by atoms with Crippen LogP contribution in [0.3, 0.4) is 0 Å². The van der Waals surface area contributed by atoms with E-state index in [0.29, 0.717) is 0 Å². The Balaban J connectivity index is 1.50. The van der Waals surface area contributed by atoms with E-state index in [1.54, 1.807) is 0 Å². The minimum Gasteiger partial charge on any atom is -0.309 e. The number of para-hydroxylation sites is 2. The lowest BCUT2D eigenvalue weighted by molar-refractivity contribution is 1.10. The van der Waals surface area contributed by atoms with E-state index in [9.17, 15) is 0 Å². The Hall–Kier alpha value is -4.38. The van der Waals surface area contributed by atoms with Gasteiger partial charge in [0, 0.05) is 52.7 Å². The van der Waals surface area contributed by atoms with Crippen LogP contribution in [0.15, 0.2) is 142 Å². The van der Waals surface area contributed by atoms with E-state index in [-0.39, 0.29) is 0 Å². The third-order valence-electron chi connectivity index (χ3n) is 7.73. The zero-order chi connectivity index (χ0) is 28.8. The number of fused-ring (bicyclic) bond motifs is 8. The molecule has 0 amide bonds. The molecule has 4 heteroatoms. The summed E-state index contributed by atoms with van der Waals surface area (Å²) in [6.45, 7) is 12.3. The van der Waals surface area contributed by atoms with Gasteiger partial charge in [0.2, 0.25) is 0 Å². The first kappa shape index (κ1) is 26.5. The Labute approximate surface area is 255 Å². The topological polar surface area (TPSA) is 9.86 Å². The molecule has 0 spiro atoms. The number of hydrogen-bond acceptors (Lipinski definition) is 2. The number of allylic oxidation sites excluding steroid dienone is 6. The molecule has 7 rings (SSSR count). The average molecular weight is 579 g/mol. The zero-order valence-electron chi connectivity index (χ0n) is 23.7. The molecule has 1 aliphatic heterocycles. The fourth-order valence-corrected chi connectivity index (χ4v) is 8.71. The lowest BCUT2D eigenvalue weighted by Gasteiger charge is -2.21. The van der Waals surface area contributed by atoms with E-state index >= 15 is 0 Å². The van der Waals surface area contributed by atoms with Gasteiger partial charge in [-0.2, -0.15) is 0 Å². The van der Waals surface area contributed by atoms with Crippen molar-refractivity contribution in [3.8, 4) is 5.69 Å². The van der Waals surface area contributed by atoms with Crippen LogP contribution in [0.1, 0.15) is 25.1 Å². The first-order valence-electron chi connectivity index (χ1n) is 14.1. The summed E-state index contributed by atoms with van der Waals surface area (Å²) in [4.78, 5) is 5.19. The van der Waals surface area contributed by atoms with Gasteiger partial charge in [0.1, 0.15) is 0 Å². The van der Waals surface area contributed by atoms with E-state index in [1.165, 1.54) is 57.9 Å². The molecule has 6 aromatic rings. The average Bonchev–Trinajstić information content (AvgIpc) is 3.53. The number of rotatable bonds is 6. The number of aromatic nitrogens is 2. The molecule has 0 unspecified atom stereocenters. The smallest absolute Gasteiger partial charge is 0.0553 e. The standard InChI is InChI=1S/C38H30N2S2/c1-5-14-25(15-6-2)40-30-20-13-12-19-28(30)36-32(40)22-24-34-38(36)42-33-23-21-31-35(37(33)41-34)27(16-7-3)29(8-4)39(31)26-17-10-9-11-18-26/h5-24H,1,4H2,2-3H3/b15-6-,16-7-,25-14+. The second-order valence-electron chi connectivity index (χ2n) is 10.1. The highest BCUT2D eigenvalue weighted by Crippen LogP contribution is 2.55. The highest BCUT2D eigenvalue weighted by atomic mass is 32.2. The molecule has 42 heavy (non-hydrogen) atoms. The molecule has 0 aliphatic carbocycles. The second kappa shape index (κ2) is 10.8. The number of benzene rings is 4. The normalized spacial score (nSPS) is 13.4. The Morgan fingerprint density at radius 1 is 0.714 bits per heavy atom. The summed E-state index contributed by atoms with van der Waals surface area (Å²) in [6.07, 6.45) is 14.5. The molecule has 204 valence electrons. The number of nitrogens with zero attached hydrogens (tertiary/aromatic N) is 2. The zero-order valence-corrected chi connectivity index (χ0v) is 25.3. The summed E-state index contributed by atoms with van der Waals surface area (Å²) >= 11 is 3.77. The molecule has 0 N–H and O–H groups in total. The fraction of sp³-hybridized carbons (Fsp3) is 0.0526. The minimum absolute atomic E-state index is 1.10. The van der Waals surface area contributed by atoms with E-state index in [2.05, 4.69) is 145 Å². The third-order valence-corrected chi connectivity index (χ3v) is 10.4. The van der Waals surface area contributed by atoms with Gasteiger partial charge in [-0.3, -0.25) is 0 Å². The van der Waals surface area contributed by atoms with Crippen molar-refractivity contribution in [3.05, 3.63) is 134 Å². The molecule has 0 atom stereocenters. The quantitative estimate of drug-likeness (QED) is 0.182. The van der Waals surface area contributed by atoms with Crippen LogP contribution >= 0.6 is 23.5 Å². The van der Waals surface area contributed by atoms with E-state index in [0.717, 1.165) is 17.1 Å². The first-order valence-corrected chi connectivity index (χ1v) is 15.7. The van der Waals surface area contributed by atoms with E-state index in [4.69, 9.17) is 0 Å². The predicted octanol–water partition coefficient (Wildman–Crippen LogP) is 11.6. The van der Waals surface area contributed by atoms with Crippen LogP contribution < -0.4 is 0 Å². The van der Waals surface area contributed by atoms with Crippen LogP contribution in [-0.2, 0) is 0 Å². The summed E-state index contributed by atoms with van der Waals surface area (Å²) in [6, 6.07) is 28.5. The summed E-state index contributed by atoms with van der Waals surface area (Å²) < 4.78 is 4.70. The van der Waals surface area contributed by atoms with Crippen molar-refractivity contribution in [1.29, 1.82) is 0 Å². The van der Waals surface area contributed by atoms with Gasteiger partial charge in [0.05, 0.1) is 22.2 Å². The van der Waals surface area contributed by atoms with Crippen molar-refractivity contribution in [2.24, 2.45) is 0 Å². The van der Waals surface area contributed by atoms with Crippen molar-refractivity contribution in [1.82, 2.24) is 9.13 Å². The van der Waals surface area contributed by atoms with Gasteiger partial charge in [-0.1, -0.05) is 97.4 Å². The predicted molar refractivity (Wildman–Crippen MR) is 185 cm³/mol. The van der Waals surface area contributed by atoms with Gasteiger partial charge in [-0.25, -0.2) is 0 Å². The van der Waals surface area contributed by atoms with Crippen LogP contribution in [0.2, 0.25) is 0 Å². The maximum atomic E-state index is 4.22. The van der Waals surface area contributed by atoms with Gasteiger partial charge < -0.3 is 9.13 Å². The maximum absolute atomic E-state index is 4.22. The fourth-order valence-electron chi connectivity index (χ4n) is 6.14. The maximum Gasteiger partial charge on any atom is 0.0553 e. The molecule has 3 heterocycles. The van der Waals surface area contributed by atoms with Crippen molar-refractivity contribution in [3.63, 3.8) is 0 Å². The van der Waals surface area contributed by atoms with Crippen molar-refractivity contribution < 1.29 is 0 Å². The van der Waals surface area contributed by atoms with Crippen LogP contribution in [0.4, 0.5) is 0 Å². The van der Waals surface area contributed by atoms with Gasteiger partial charge in [0.15, 0.2) is 0 Å². The first-order chi connectivity index (χ1) is 20.7. The number of hydrogen-bond donors (Lipinski definition) is 0. The lowest BCUT2D eigenvalue weighted by Crippen LogP contribution is -1.97. The Morgan fingerprint density at radius 2 is 1.40 bits per heavy atom. The SMILES string of the molecule is C=C/C=C(\C=C/C)n1c2ccccc2c2c3c(ccc21)Sc1c(ccc2c1c(/C=C\C)c(C=C)n2-c1ccccc1)S3. The van der Waals surface area contributed by atoms with Crippen molar-refractivity contribution in [2.45, 2.75) is 33.4 Å². The summed E-state index contributed by atoms with van der Waals surface area (Å²) in [5.41, 5.74) is 8.17. The molecule has 0 radical (unpaired) electrons. The molecular weight excluding hydrogens is 549 g/mol. The molecular formula is C38H30N2S2. The highest BCUT2D eigenvalue weighted by molar-refractivity contribution is 8.05. The molecule has 4 aromatic carbocycles. The molecule has 0 bridgehead atoms. The third kappa shape index (κ3) is 3.98. The molecule has 0 saturated carbocycles. The molecule has 2 nitrogen and oxygen atoms in total.